The van der Waals surface area contributed by atoms with Gasteiger partial charge in [-0.1, -0.05) is 46.3 Å². The molecule has 1 aromatic heterocycles. The van der Waals surface area contributed by atoms with Crippen LogP contribution in [0.2, 0.25) is 0 Å². The Morgan fingerprint density at radius 2 is 1.73 bits per heavy atom. The van der Waals surface area contributed by atoms with Crippen LogP contribution in [0.25, 0.3) is 11.0 Å². The minimum atomic E-state index is -0.351. The Hall–Kier alpha value is -3.32. The molecule has 0 aliphatic carbocycles. The third kappa shape index (κ3) is 5.37. The molecular weight excluding hydrogens is 482 g/mol. The van der Waals surface area contributed by atoms with Crippen molar-refractivity contribution in [2.24, 2.45) is 0 Å². The molecule has 0 fully saturated rings. The van der Waals surface area contributed by atoms with Crippen molar-refractivity contribution >= 4 is 32.9 Å². The normalized spacial score (nSPS) is 11.0. The highest BCUT2D eigenvalue weighted by Gasteiger charge is 2.11. The second-order valence-corrected chi connectivity index (χ2v) is 8.55. The first-order chi connectivity index (χ1) is 16.1. The van der Waals surface area contributed by atoms with Gasteiger partial charge in [0, 0.05) is 11.0 Å². The summed E-state index contributed by atoms with van der Waals surface area (Å²) in [6.07, 6.45) is 0.727. The van der Waals surface area contributed by atoms with E-state index < -0.39 is 0 Å². The molecule has 1 heterocycles. The third-order valence-electron chi connectivity index (χ3n) is 5.34. The van der Waals surface area contributed by atoms with Crippen LogP contribution in [0.5, 0.6) is 5.75 Å². The molecule has 0 radical (unpaired) electrons. The van der Waals surface area contributed by atoms with Gasteiger partial charge < -0.3 is 18.6 Å². The van der Waals surface area contributed by atoms with E-state index in [0.29, 0.717) is 43.2 Å². The zero-order valence-electron chi connectivity index (χ0n) is 18.5. The lowest BCUT2D eigenvalue weighted by atomic mass is 10.2. The molecule has 0 bridgehead atoms. The Morgan fingerprint density at radius 1 is 0.970 bits per heavy atom. The van der Waals surface area contributed by atoms with Gasteiger partial charge in [0.1, 0.15) is 5.75 Å². The van der Waals surface area contributed by atoms with Crippen molar-refractivity contribution in [1.82, 2.24) is 9.13 Å². The minimum absolute atomic E-state index is 0.339. The molecule has 0 saturated heterocycles. The average molecular weight is 508 g/mol. The number of rotatable bonds is 9. The third-order valence-corrected chi connectivity index (χ3v) is 5.84. The van der Waals surface area contributed by atoms with E-state index in [-0.39, 0.29) is 5.97 Å². The number of carbonyl (C=O) groups excluding carboxylic acids is 1. The van der Waals surface area contributed by atoms with Crippen LogP contribution in [-0.2, 0) is 17.8 Å². The van der Waals surface area contributed by atoms with Gasteiger partial charge in [0.2, 0.25) is 5.62 Å². The lowest BCUT2D eigenvalue weighted by Crippen LogP contribution is -2.25. The summed E-state index contributed by atoms with van der Waals surface area (Å²) in [7, 11) is 0. The Morgan fingerprint density at radius 3 is 2.48 bits per heavy atom. The predicted octanol–water partition coefficient (Wildman–Crippen LogP) is 5.38. The molecule has 4 rings (SSSR count). The number of halogens is 1. The largest absolute Gasteiger partial charge is 0.494 e. The summed E-state index contributed by atoms with van der Waals surface area (Å²) in [5.41, 5.74) is 4.14. The molecule has 0 aliphatic rings. The highest BCUT2D eigenvalue weighted by molar-refractivity contribution is 9.10. The number of carbonyl (C=O) groups is 1. The number of aromatic nitrogens is 2. The van der Waals surface area contributed by atoms with E-state index in [2.05, 4.69) is 40.2 Å². The van der Waals surface area contributed by atoms with Gasteiger partial charge in [-0.3, -0.25) is 5.41 Å². The highest BCUT2D eigenvalue weighted by Crippen LogP contribution is 2.18. The summed E-state index contributed by atoms with van der Waals surface area (Å²) in [6.45, 7) is 3.88. The molecule has 0 atom stereocenters. The summed E-state index contributed by atoms with van der Waals surface area (Å²) in [4.78, 5) is 11.9. The predicted molar refractivity (Wildman–Crippen MR) is 132 cm³/mol. The molecule has 0 unspecified atom stereocenters. The van der Waals surface area contributed by atoms with E-state index in [0.717, 1.165) is 27.5 Å². The molecule has 33 heavy (non-hydrogen) atoms. The number of fused-ring (bicyclic) bond motifs is 1. The average Bonchev–Trinajstić information content (AvgIpc) is 3.08. The van der Waals surface area contributed by atoms with Crippen LogP contribution in [0.1, 0.15) is 29.3 Å². The van der Waals surface area contributed by atoms with Gasteiger partial charge in [-0.25, -0.2) is 4.79 Å². The van der Waals surface area contributed by atoms with Crippen LogP contribution >= 0.6 is 15.9 Å². The number of nitrogens with zero attached hydrogens (tertiary/aromatic N) is 2. The molecule has 1 N–H and O–H groups in total. The Labute approximate surface area is 201 Å². The monoisotopic (exact) mass is 507 g/mol. The number of para-hydroxylation sites is 2. The van der Waals surface area contributed by atoms with Crippen LogP contribution < -0.4 is 10.4 Å². The molecule has 0 amide bonds. The summed E-state index contributed by atoms with van der Waals surface area (Å²) >= 11 is 3.53. The first kappa shape index (κ1) is 22.9. The lowest BCUT2D eigenvalue weighted by molar-refractivity contribution is 0.0526. The van der Waals surface area contributed by atoms with Gasteiger partial charge >= 0.3 is 5.97 Å². The Bertz CT molecular complexity index is 1330. The Kier molecular flexibility index (Phi) is 7.29. The Balaban J connectivity index is 1.46. The van der Waals surface area contributed by atoms with Crippen molar-refractivity contribution in [1.29, 1.82) is 5.41 Å². The molecule has 7 heteroatoms. The summed E-state index contributed by atoms with van der Waals surface area (Å²) in [6, 6.07) is 23.3. The number of ether oxygens (including phenoxy) is 2. The summed E-state index contributed by atoms with van der Waals surface area (Å²) < 4.78 is 16.0. The first-order valence-corrected chi connectivity index (χ1v) is 11.7. The maximum Gasteiger partial charge on any atom is 0.338 e. The summed E-state index contributed by atoms with van der Waals surface area (Å²) in [5, 5.41) is 8.81. The van der Waals surface area contributed by atoms with Crippen molar-refractivity contribution in [2.45, 2.75) is 26.4 Å². The fourth-order valence-corrected chi connectivity index (χ4v) is 4.29. The number of aryl methyl sites for hydroxylation is 1. The SMILES string of the molecule is CCOC(=O)c1cccc(OCCCn2c(=N)n(Cc3cccc(Br)c3)c3ccccc32)c1. The molecule has 0 spiro atoms. The maximum atomic E-state index is 11.9. The van der Waals surface area contributed by atoms with Crippen LogP contribution in [0, 0.1) is 5.41 Å². The van der Waals surface area contributed by atoms with Gasteiger partial charge in [-0.2, -0.15) is 0 Å². The molecule has 3 aromatic carbocycles. The second kappa shape index (κ2) is 10.5. The maximum absolute atomic E-state index is 11.9. The molecule has 0 aliphatic heterocycles. The molecule has 6 nitrogen and oxygen atoms in total. The van der Waals surface area contributed by atoms with Crippen LogP contribution in [0.4, 0.5) is 0 Å². The van der Waals surface area contributed by atoms with Gasteiger partial charge in [0.05, 0.1) is 36.4 Å². The first-order valence-electron chi connectivity index (χ1n) is 10.9. The second-order valence-electron chi connectivity index (χ2n) is 7.63. The van der Waals surface area contributed by atoms with Crippen molar-refractivity contribution in [3.63, 3.8) is 0 Å². The highest BCUT2D eigenvalue weighted by atomic mass is 79.9. The zero-order chi connectivity index (χ0) is 23.2. The van der Waals surface area contributed by atoms with E-state index in [1.807, 2.05) is 39.5 Å². The van der Waals surface area contributed by atoms with E-state index in [4.69, 9.17) is 14.9 Å². The molecular formula is C26H26BrN3O3. The van der Waals surface area contributed by atoms with Crippen molar-refractivity contribution in [3.05, 3.63) is 94.0 Å². The van der Waals surface area contributed by atoms with Gasteiger partial charge in [0.15, 0.2) is 0 Å². The van der Waals surface area contributed by atoms with E-state index in [1.54, 1.807) is 25.1 Å². The fraction of sp³-hybridized carbons (Fsp3) is 0.231. The van der Waals surface area contributed by atoms with Gasteiger partial charge in [0.25, 0.3) is 0 Å². The van der Waals surface area contributed by atoms with Crippen molar-refractivity contribution < 1.29 is 14.3 Å². The van der Waals surface area contributed by atoms with Gasteiger partial charge in [-0.05, 0) is 61.4 Å². The van der Waals surface area contributed by atoms with Crippen molar-refractivity contribution in [3.8, 4) is 5.75 Å². The van der Waals surface area contributed by atoms with Gasteiger partial charge in [-0.15, -0.1) is 0 Å². The van der Waals surface area contributed by atoms with E-state index in [1.165, 1.54) is 0 Å². The van der Waals surface area contributed by atoms with Crippen LogP contribution in [0.3, 0.4) is 0 Å². The van der Waals surface area contributed by atoms with E-state index in [9.17, 15) is 4.79 Å². The van der Waals surface area contributed by atoms with E-state index >= 15 is 0 Å². The van der Waals surface area contributed by atoms with Crippen LogP contribution in [0.15, 0.2) is 77.3 Å². The van der Waals surface area contributed by atoms with Crippen molar-refractivity contribution in [2.75, 3.05) is 13.2 Å². The summed E-state index contributed by atoms with van der Waals surface area (Å²) in [5.74, 6) is 0.282. The minimum Gasteiger partial charge on any atom is -0.494 e. The standard InChI is InChI=1S/C26H26BrN3O3/c1-2-32-25(31)20-9-6-11-22(17-20)33-15-7-14-29-23-12-3-4-13-24(23)30(26(29)28)18-19-8-5-10-21(27)16-19/h3-6,8-13,16-17,28H,2,7,14-15,18H2,1H3. The quantitative estimate of drug-likeness (QED) is 0.244. The lowest BCUT2D eigenvalue weighted by Gasteiger charge is -2.09. The molecule has 4 aromatic rings. The topological polar surface area (TPSA) is 69.2 Å². The number of nitrogens with one attached hydrogen (secondary N) is 1. The number of hydrogen-bond acceptors (Lipinski definition) is 4. The number of hydrogen-bond donors (Lipinski definition) is 1. The number of imidazole rings is 1. The number of esters is 1. The van der Waals surface area contributed by atoms with Crippen LogP contribution in [-0.4, -0.2) is 28.3 Å². The fourth-order valence-electron chi connectivity index (χ4n) is 3.84. The zero-order valence-corrected chi connectivity index (χ0v) is 20.0. The molecule has 170 valence electrons. The molecule has 0 saturated carbocycles. The smallest absolute Gasteiger partial charge is 0.338 e. The number of benzene rings is 3.